The molecule has 0 radical (unpaired) electrons. The zero-order valence-corrected chi connectivity index (χ0v) is 24.8. The minimum atomic E-state index is -0.214. The van der Waals surface area contributed by atoms with Gasteiger partial charge in [-0.25, -0.2) is 0 Å². The monoisotopic (exact) mass is 557 g/mol. The third-order valence-electron chi connectivity index (χ3n) is 9.14. The molecule has 1 aromatic carbocycles. The van der Waals surface area contributed by atoms with Crippen molar-refractivity contribution in [1.29, 1.82) is 5.26 Å². The predicted octanol–water partition coefficient (Wildman–Crippen LogP) is 3.80. The van der Waals surface area contributed by atoms with E-state index in [1.165, 1.54) is 29.3 Å². The zero-order valence-electron chi connectivity index (χ0n) is 24.8. The number of para-hydroxylation sites is 1. The Kier molecular flexibility index (Phi) is 9.09. The van der Waals surface area contributed by atoms with Crippen molar-refractivity contribution in [2.45, 2.75) is 63.5 Å². The molecule has 41 heavy (non-hydrogen) atoms. The second-order valence-electron chi connectivity index (χ2n) is 11.6. The Bertz CT molecular complexity index is 1290. The smallest absolute Gasteiger partial charge is 0.318 e. The minimum absolute atomic E-state index is 0.127. The molecule has 2 fully saturated rings. The van der Waals surface area contributed by atoms with Gasteiger partial charge in [0.15, 0.2) is 0 Å². The quantitative estimate of drug-likeness (QED) is 0.431. The molecule has 9 heteroatoms. The Balaban J connectivity index is 1.46. The second-order valence-corrected chi connectivity index (χ2v) is 11.6. The van der Waals surface area contributed by atoms with Crippen molar-refractivity contribution in [3.05, 3.63) is 53.7 Å². The lowest BCUT2D eigenvalue weighted by Crippen LogP contribution is -2.55. The van der Waals surface area contributed by atoms with Crippen molar-refractivity contribution in [1.82, 2.24) is 19.8 Å². The maximum absolute atomic E-state index is 12.5. The van der Waals surface area contributed by atoms with Crippen molar-refractivity contribution in [3.8, 4) is 12.1 Å². The number of carbonyl (C=O) groups excluding carboxylic acids is 1. The summed E-state index contributed by atoms with van der Waals surface area (Å²) >= 11 is 0. The first kappa shape index (κ1) is 28.9. The first-order valence-corrected chi connectivity index (χ1v) is 15.0. The number of carbonyl (C=O) groups is 1. The van der Waals surface area contributed by atoms with Crippen molar-refractivity contribution in [2.75, 3.05) is 63.2 Å². The van der Waals surface area contributed by atoms with Crippen LogP contribution in [0.1, 0.15) is 55.3 Å². The van der Waals surface area contributed by atoms with E-state index < -0.39 is 0 Å². The van der Waals surface area contributed by atoms with E-state index in [0.29, 0.717) is 44.2 Å². The van der Waals surface area contributed by atoms with Crippen LogP contribution in [0.2, 0.25) is 0 Å². The first-order valence-electron chi connectivity index (χ1n) is 15.0. The van der Waals surface area contributed by atoms with Crippen LogP contribution in [0.5, 0.6) is 6.01 Å². The summed E-state index contributed by atoms with van der Waals surface area (Å²) in [6, 6.07) is 11.6. The van der Waals surface area contributed by atoms with Gasteiger partial charge in [-0.1, -0.05) is 24.8 Å². The highest BCUT2D eigenvalue weighted by Gasteiger charge is 2.34. The van der Waals surface area contributed by atoms with Gasteiger partial charge in [0.05, 0.1) is 24.2 Å². The summed E-state index contributed by atoms with van der Waals surface area (Å²) in [6.07, 6.45) is 6.63. The molecular weight excluding hydrogens is 514 g/mol. The molecule has 2 aliphatic heterocycles. The molecule has 2 aromatic rings. The molecule has 0 bridgehead atoms. The molecule has 0 N–H and O–H groups in total. The van der Waals surface area contributed by atoms with Gasteiger partial charge in [0, 0.05) is 50.5 Å². The van der Waals surface area contributed by atoms with Crippen molar-refractivity contribution >= 4 is 17.4 Å². The van der Waals surface area contributed by atoms with Gasteiger partial charge in [0.25, 0.3) is 0 Å². The van der Waals surface area contributed by atoms with Crippen LogP contribution in [-0.2, 0) is 17.6 Å². The molecule has 1 aliphatic carbocycles. The van der Waals surface area contributed by atoms with Gasteiger partial charge < -0.3 is 24.3 Å². The molecule has 3 aliphatic rings. The number of rotatable bonds is 9. The van der Waals surface area contributed by atoms with E-state index >= 15 is 0 Å². The van der Waals surface area contributed by atoms with Crippen LogP contribution in [0.3, 0.4) is 0 Å². The summed E-state index contributed by atoms with van der Waals surface area (Å²) in [7, 11) is 4.30. The highest BCUT2D eigenvalue weighted by atomic mass is 16.5. The fourth-order valence-electron chi connectivity index (χ4n) is 6.61. The molecule has 3 heterocycles. The summed E-state index contributed by atoms with van der Waals surface area (Å²) in [5.41, 5.74) is 4.87. The zero-order chi connectivity index (χ0) is 28.9. The van der Waals surface area contributed by atoms with Crippen LogP contribution in [0, 0.1) is 11.3 Å². The number of nitrogens with zero attached hydrogens (tertiary/aromatic N) is 7. The van der Waals surface area contributed by atoms with Gasteiger partial charge in [-0.3, -0.25) is 4.79 Å². The lowest BCUT2D eigenvalue weighted by atomic mass is 9.81. The number of ether oxygens (including phenoxy) is 1. The molecule has 0 spiro atoms. The Morgan fingerprint density at radius 1 is 1.22 bits per heavy atom. The molecule has 0 saturated carbocycles. The highest BCUT2D eigenvalue weighted by Crippen LogP contribution is 2.40. The van der Waals surface area contributed by atoms with Crippen LogP contribution in [0.4, 0.5) is 11.5 Å². The predicted molar refractivity (Wildman–Crippen MR) is 161 cm³/mol. The fraction of sp³-hybridized carbons (Fsp3) is 0.562. The minimum Gasteiger partial charge on any atom is -0.462 e. The second kappa shape index (κ2) is 12.9. The Labute approximate surface area is 244 Å². The van der Waals surface area contributed by atoms with Crippen LogP contribution in [-0.4, -0.2) is 91.2 Å². The van der Waals surface area contributed by atoms with E-state index in [4.69, 9.17) is 14.7 Å². The largest absolute Gasteiger partial charge is 0.462 e. The number of hydrogen-bond donors (Lipinski definition) is 0. The first-order chi connectivity index (χ1) is 19.9. The topological polar surface area (TPSA) is 88.8 Å². The van der Waals surface area contributed by atoms with E-state index in [2.05, 4.69) is 72.6 Å². The number of amides is 1. The Morgan fingerprint density at radius 3 is 2.78 bits per heavy atom. The number of piperazine rings is 1. The third kappa shape index (κ3) is 6.18. The molecular formula is C32H43N7O2. The van der Waals surface area contributed by atoms with Gasteiger partial charge in [-0.05, 0) is 76.2 Å². The van der Waals surface area contributed by atoms with E-state index in [1.54, 1.807) is 4.90 Å². The van der Waals surface area contributed by atoms with E-state index in [0.717, 1.165) is 50.3 Å². The van der Waals surface area contributed by atoms with Crippen LogP contribution in [0.15, 0.2) is 36.9 Å². The normalized spacial score (nSPS) is 22.6. The summed E-state index contributed by atoms with van der Waals surface area (Å²) in [5, 5.41) is 9.51. The standard InChI is InChI=1S/C32H43N7O2/c1-5-30(40)39-19-18-38(21-24(39)15-16-33)31-27-14-13-23(26-11-7-8-12-29(26)36(3)6-2)20-28(27)34-32(35-31)41-22-25-10-9-17-37(25)4/h5,7-8,11-12,23-25H,1,6,9-10,13-15,17-22H2,2-4H3/t23?,24-,25-/m0/s1. The summed E-state index contributed by atoms with van der Waals surface area (Å²) < 4.78 is 6.30. The molecule has 218 valence electrons. The van der Waals surface area contributed by atoms with Crippen LogP contribution in [0.25, 0.3) is 0 Å². The summed E-state index contributed by atoms with van der Waals surface area (Å²) in [5.74, 6) is 1.13. The Morgan fingerprint density at radius 2 is 2.05 bits per heavy atom. The number of hydrogen-bond acceptors (Lipinski definition) is 8. The van der Waals surface area contributed by atoms with Gasteiger partial charge in [-0.15, -0.1) is 0 Å². The van der Waals surface area contributed by atoms with Gasteiger partial charge in [-0.2, -0.15) is 15.2 Å². The average Bonchev–Trinajstić information content (AvgIpc) is 3.42. The number of aromatic nitrogens is 2. The molecule has 9 nitrogen and oxygen atoms in total. The number of benzene rings is 1. The van der Waals surface area contributed by atoms with E-state index in [-0.39, 0.29) is 18.4 Å². The molecule has 1 unspecified atom stereocenters. The van der Waals surface area contributed by atoms with Gasteiger partial charge in [0.2, 0.25) is 5.91 Å². The lowest BCUT2D eigenvalue weighted by Gasteiger charge is -2.42. The van der Waals surface area contributed by atoms with Gasteiger partial charge >= 0.3 is 6.01 Å². The number of likely N-dealkylation sites (N-methyl/N-ethyl adjacent to an activating group) is 1. The molecule has 1 amide bonds. The van der Waals surface area contributed by atoms with Crippen molar-refractivity contribution in [3.63, 3.8) is 0 Å². The molecule has 3 atom stereocenters. The average molecular weight is 558 g/mol. The molecule has 2 saturated heterocycles. The lowest BCUT2D eigenvalue weighted by molar-refractivity contribution is -0.128. The third-order valence-corrected chi connectivity index (χ3v) is 9.14. The van der Waals surface area contributed by atoms with E-state index in [1.807, 2.05) is 0 Å². The van der Waals surface area contributed by atoms with E-state index in [9.17, 15) is 10.1 Å². The molecule has 1 aromatic heterocycles. The maximum atomic E-state index is 12.5. The Hall–Kier alpha value is -3.64. The maximum Gasteiger partial charge on any atom is 0.318 e. The van der Waals surface area contributed by atoms with Crippen LogP contribution >= 0.6 is 0 Å². The SMILES string of the molecule is C=CC(=O)N1CCN(c2nc(OC[C@@H]3CCCN3C)nc3c2CCC(c2ccccc2N(C)CC)C3)C[C@@H]1CC#N. The fourth-order valence-corrected chi connectivity index (χ4v) is 6.61. The summed E-state index contributed by atoms with van der Waals surface area (Å²) in [4.78, 5) is 31.2. The highest BCUT2D eigenvalue weighted by molar-refractivity contribution is 5.87. The van der Waals surface area contributed by atoms with Crippen molar-refractivity contribution < 1.29 is 9.53 Å². The van der Waals surface area contributed by atoms with Crippen LogP contribution < -0.4 is 14.5 Å². The number of likely N-dealkylation sites (tertiary alicyclic amines) is 1. The number of fused-ring (bicyclic) bond motifs is 1. The van der Waals surface area contributed by atoms with Crippen molar-refractivity contribution in [2.24, 2.45) is 0 Å². The number of anilines is 2. The summed E-state index contributed by atoms with van der Waals surface area (Å²) in [6.45, 7) is 10.2. The molecule has 5 rings (SSSR count). The van der Waals surface area contributed by atoms with Gasteiger partial charge in [0.1, 0.15) is 12.4 Å². The number of nitriles is 1.